The lowest BCUT2D eigenvalue weighted by molar-refractivity contribution is -0.135. The van der Waals surface area contributed by atoms with E-state index >= 15 is 0 Å². The third kappa shape index (κ3) is 4.73. The molecular weight excluding hydrogens is 370 g/mol. The number of hydrogen-bond acceptors (Lipinski definition) is 5. The summed E-state index contributed by atoms with van der Waals surface area (Å²) in [5.74, 6) is 0.942. The first-order chi connectivity index (χ1) is 14.0. The molecule has 1 aromatic heterocycles. The van der Waals surface area contributed by atoms with Crippen LogP contribution in [0.2, 0.25) is 0 Å². The molecule has 1 N–H and O–H groups in total. The first-order valence-electron chi connectivity index (χ1n) is 10.6. The number of aromatic nitrogens is 2. The summed E-state index contributed by atoms with van der Waals surface area (Å²) in [6.45, 7) is 7.43. The summed E-state index contributed by atoms with van der Waals surface area (Å²) in [5, 5.41) is 8.80. The maximum absolute atomic E-state index is 12.9. The van der Waals surface area contributed by atoms with E-state index in [0.29, 0.717) is 25.0 Å². The fourth-order valence-electron chi connectivity index (χ4n) is 3.97. The van der Waals surface area contributed by atoms with Crippen LogP contribution in [0.1, 0.15) is 39.5 Å². The molecule has 7 heteroatoms. The Kier molecular flexibility index (Phi) is 6.06. The Labute approximate surface area is 171 Å². The second-order valence-electron chi connectivity index (χ2n) is 8.53. The van der Waals surface area contributed by atoms with Crippen LogP contribution >= 0.6 is 0 Å². The van der Waals surface area contributed by atoms with Gasteiger partial charge in [-0.25, -0.2) is 0 Å². The van der Waals surface area contributed by atoms with Crippen LogP contribution in [0.25, 0.3) is 10.9 Å². The first-order valence-corrected chi connectivity index (χ1v) is 10.6. The molecule has 3 heterocycles. The van der Waals surface area contributed by atoms with E-state index < -0.39 is 5.60 Å². The molecule has 0 unspecified atom stereocenters. The Morgan fingerprint density at radius 1 is 1.14 bits per heavy atom. The van der Waals surface area contributed by atoms with Gasteiger partial charge in [0.25, 0.3) is 5.91 Å². The van der Waals surface area contributed by atoms with Crippen LogP contribution in [0.15, 0.2) is 24.3 Å². The van der Waals surface area contributed by atoms with Gasteiger partial charge in [-0.1, -0.05) is 12.1 Å². The van der Waals surface area contributed by atoms with E-state index in [9.17, 15) is 4.79 Å². The van der Waals surface area contributed by atoms with Gasteiger partial charge in [0.15, 0.2) is 5.60 Å². The molecule has 2 fully saturated rings. The number of benzene rings is 1. The zero-order chi connectivity index (χ0) is 20.3. The lowest BCUT2D eigenvalue weighted by Crippen LogP contribution is -2.51. The summed E-state index contributed by atoms with van der Waals surface area (Å²) in [4.78, 5) is 12.9. The van der Waals surface area contributed by atoms with Gasteiger partial charge in [-0.2, -0.15) is 0 Å². The molecule has 0 bridgehead atoms. The van der Waals surface area contributed by atoms with Crippen LogP contribution in [0.3, 0.4) is 0 Å². The average molecular weight is 402 g/mol. The standard InChI is InChI=1S/C22H31N3O4/c1-22(2,21(26)23-17-9-13-28-14-10-17)29-20-18-5-3-4-6-19(18)25(24-20)15-16-7-11-27-12-8-16/h3-6,16-17H,7-15H2,1-2H3,(H,23,26). The SMILES string of the molecule is CC(C)(Oc1nn(CC2CCOCC2)c2ccccc12)C(=O)NC1CCOCC1. The van der Waals surface area contributed by atoms with Crippen molar-refractivity contribution in [2.75, 3.05) is 26.4 Å². The number of hydrogen-bond donors (Lipinski definition) is 1. The molecule has 0 radical (unpaired) electrons. The lowest BCUT2D eigenvalue weighted by atomic mass is 10.0. The van der Waals surface area contributed by atoms with Gasteiger partial charge in [-0.15, -0.1) is 5.10 Å². The second kappa shape index (κ2) is 8.71. The highest BCUT2D eigenvalue weighted by molar-refractivity contribution is 5.87. The van der Waals surface area contributed by atoms with Crippen molar-refractivity contribution in [3.8, 4) is 5.88 Å². The summed E-state index contributed by atoms with van der Waals surface area (Å²) in [7, 11) is 0. The number of nitrogens with zero attached hydrogens (tertiary/aromatic N) is 2. The minimum Gasteiger partial charge on any atom is -0.460 e. The highest BCUT2D eigenvalue weighted by Gasteiger charge is 2.33. The summed E-state index contributed by atoms with van der Waals surface area (Å²) in [5.41, 5.74) is 0.0218. The Morgan fingerprint density at radius 3 is 2.52 bits per heavy atom. The number of nitrogens with one attached hydrogen (secondary N) is 1. The predicted molar refractivity (Wildman–Crippen MR) is 110 cm³/mol. The predicted octanol–water partition coefficient (Wildman–Crippen LogP) is 2.92. The molecular formula is C22H31N3O4. The number of ether oxygens (including phenoxy) is 3. The maximum atomic E-state index is 12.9. The third-order valence-corrected chi connectivity index (χ3v) is 5.85. The van der Waals surface area contributed by atoms with E-state index in [1.165, 1.54) is 0 Å². The van der Waals surface area contributed by atoms with Crippen molar-refractivity contribution in [1.29, 1.82) is 0 Å². The minimum atomic E-state index is -1.01. The molecule has 0 aliphatic carbocycles. The molecule has 7 nitrogen and oxygen atoms in total. The molecule has 1 amide bonds. The summed E-state index contributed by atoms with van der Waals surface area (Å²) < 4.78 is 19.1. The van der Waals surface area contributed by atoms with E-state index in [1.54, 1.807) is 13.8 Å². The number of carbonyl (C=O) groups excluding carboxylic acids is 1. The van der Waals surface area contributed by atoms with Crippen molar-refractivity contribution in [3.05, 3.63) is 24.3 Å². The van der Waals surface area contributed by atoms with Gasteiger partial charge in [0.05, 0.1) is 10.9 Å². The zero-order valence-corrected chi connectivity index (χ0v) is 17.4. The number of amides is 1. The van der Waals surface area contributed by atoms with Gasteiger partial charge in [-0.05, 0) is 57.6 Å². The van der Waals surface area contributed by atoms with E-state index in [2.05, 4.69) is 11.4 Å². The van der Waals surface area contributed by atoms with Crippen LogP contribution in [0.4, 0.5) is 0 Å². The molecule has 2 aromatic rings. The first kappa shape index (κ1) is 20.2. The molecule has 2 saturated heterocycles. The topological polar surface area (TPSA) is 74.6 Å². The van der Waals surface area contributed by atoms with Gasteiger partial charge in [0.2, 0.25) is 5.88 Å². The molecule has 4 rings (SSSR count). The number of carbonyl (C=O) groups is 1. The fraction of sp³-hybridized carbons (Fsp3) is 0.636. The summed E-state index contributed by atoms with van der Waals surface area (Å²) in [6, 6.07) is 8.19. The van der Waals surface area contributed by atoms with E-state index in [0.717, 1.165) is 56.3 Å². The quantitative estimate of drug-likeness (QED) is 0.806. The minimum absolute atomic E-state index is 0.118. The van der Waals surface area contributed by atoms with Gasteiger partial charge in [-0.3, -0.25) is 9.48 Å². The monoisotopic (exact) mass is 401 g/mol. The normalized spacial score (nSPS) is 19.4. The Hall–Kier alpha value is -2.12. The highest BCUT2D eigenvalue weighted by atomic mass is 16.5. The molecule has 0 spiro atoms. The van der Waals surface area contributed by atoms with Crippen LogP contribution in [0, 0.1) is 5.92 Å². The van der Waals surface area contributed by atoms with Crippen molar-refractivity contribution >= 4 is 16.8 Å². The Balaban J connectivity index is 1.51. The number of fused-ring (bicyclic) bond motifs is 1. The van der Waals surface area contributed by atoms with E-state index in [4.69, 9.17) is 19.3 Å². The number of rotatable bonds is 6. The molecule has 2 aliphatic rings. The van der Waals surface area contributed by atoms with Gasteiger partial charge < -0.3 is 19.5 Å². The summed E-state index contributed by atoms with van der Waals surface area (Å²) in [6.07, 6.45) is 3.77. The van der Waals surface area contributed by atoms with Crippen molar-refractivity contribution in [1.82, 2.24) is 15.1 Å². The van der Waals surface area contributed by atoms with Crippen molar-refractivity contribution in [2.24, 2.45) is 5.92 Å². The largest absolute Gasteiger partial charge is 0.460 e. The molecule has 2 aliphatic heterocycles. The van der Waals surface area contributed by atoms with Gasteiger partial charge >= 0.3 is 0 Å². The lowest BCUT2D eigenvalue weighted by Gasteiger charge is -2.29. The number of para-hydroxylation sites is 1. The maximum Gasteiger partial charge on any atom is 0.263 e. The van der Waals surface area contributed by atoms with Crippen LogP contribution < -0.4 is 10.1 Å². The van der Waals surface area contributed by atoms with Crippen LogP contribution in [-0.4, -0.2) is 53.8 Å². The molecule has 0 atom stereocenters. The van der Waals surface area contributed by atoms with E-state index in [-0.39, 0.29) is 11.9 Å². The smallest absolute Gasteiger partial charge is 0.263 e. The van der Waals surface area contributed by atoms with Crippen molar-refractivity contribution in [2.45, 2.75) is 57.7 Å². The molecule has 1 aromatic carbocycles. The van der Waals surface area contributed by atoms with Crippen LogP contribution in [0.5, 0.6) is 5.88 Å². The second-order valence-corrected chi connectivity index (χ2v) is 8.53. The third-order valence-electron chi connectivity index (χ3n) is 5.85. The van der Waals surface area contributed by atoms with Crippen molar-refractivity contribution < 1.29 is 19.0 Å². The molecule has 29 heavy (non-hydrogen) atoms. The molecule has 0 saturated carbocycles. The van der Waals surface area contributed by atoms with Gasteiger partial charge in [0, 0.05) is 39.0 Å². The van der Waals surface area contributed by atoms with Crippen molar-refractivity contribution in [3.63, 3.8) is 0 Å². The van der Waals surface area contributed by atoms with E-state index in [1.807, 2.05) is 22.9 Å². The summed E-state index contributed by atoms with van der Waals surface area (Å²) >= 11 is 0. The zero-order valence-electron chi connectivity index (χ0n) is 17.4. The van der Waals surface area contributed by atoms with Crippen LogP contribution in [-0.2, 0) is 20.8 Å². The highest BCUT2D eigenvalue weighted by Crippen LogP contribution is 2.30. The average Bonchev–Trinajstić information content (AvgIpc) is 3.06. The Morgan fingerprint density at radius 2 is 1.79 bits per heavy atom. The molecule has 158 valence electrons. The van der Waals surface area contributed by atoms with Gasteiger partial charge in [0.1, 0.15) is 0 Å². The fourth-order valence-corrected chi connectivity index (χ4v) is 3.97. The Bertz CT molecular complexity index is 836.